The number of aliphatic hydroxyl groups is 1. The predicted octanol–water partition coefficient (Wildman–Crippen LogP) is 2.82. The van der Waals surface area contributed by atoms with E-state index in [1.807, 2.05) is 19.9 Å². The minimum absolute atomic E-state index is 0.0787. The minimum atomic E-state index is -2.08. The van der Waals surface area contributed by atoms with Crippen LogP contribution in [0.25, 0.3) is 6.08 Å². The number of methoxy groups -OCH3 is 2. The van der Waals surface area contributed by atoms with E-state index in [1.165, 1.54) is 26.4 Å². The van der Waals surface area contributed by atoms with E-state index in [0.717, 1.165) is 0 Å². The van der Waals surface area contributed by atoms with E-state index in [2.05, 4.69) is 0 Å². The quantitative estimate of drug-likeness (QED) is 0.756. The molecule has 2 N–H and O–H groups in total. The van der Waals surface area contributed by atoms with Crippen molar-refractivity contribution in [2.75, 3.05) is 20.8 Å². The second-order valence-electron chi connectivity index (χ2n) is 8.27. The number of hydrogen-bond acceptors (Lipinski definition) is 8. The van der Waals surface area contributed by atoms with Gasteiger partial charge in [-0.2, -0.15) is 0 Å². The molecule has 2 aromatic rings. The third-order valence-electron chi connectivity index (χ3n) is 5.87. The van der Waals surface area contributed by atoms with Gasteiger partial charge in [-0.05, 0) is 32.1 Å². The number of aromatic hydroxyl groups is 1. The Hall–Kier alpha value is -3.39. The normalized spacial score (nSPS) is 24.4. The fourth-order valence-corrected chi connectivity index (χ4v) is 4.28. The lowest BCUT2D eigenvalue weighted by molar-refractivity contribution is -0.0804. The van der Waals surface area contributed by atoms with Crippen LogP contribution >= 0.6 is 0 Å². The third kappa shape index (κ3) is 2.61. The highest BCUT2D eigenvalue weighted by Gasteiger charge is 2.57. The van der Waals surface area contributed by atoms with Crippen molar-refractivity contribution in [1.29, 1.82) is 0 Å². The maximum atomic E-state index is 13.6. The molecule has 3 aliphatic heterocycles. The summed E-state index contributed by atoms with van der Waals surface area (Å²) in [5.41, 5.74) is -2.05. The summed E-state index contributed by atoms with van der Waals surface area (Å²) in [6.07, 6.45) is 2.60. The first-order valence-electron chi connectivity index (χ1n) is 9.81. The molecule has 8 nitrogen and oxygen atoms in total. The molecule has 3 heterocycles. The summed E-state index contributed by atoms with van der Waals surface area (Å²) in [6.45, 7) is 3.67. The van der Waals surface area contributed by atoms with Crippen LogP contribution in [0.5, 0.6) is 34.5 Å². The standard InChI is InChI=1S/C23H22O8/c1-22(2)6-5-11-14(31-22)8-13(24)19-20(11)30-18-10-29-15-9-17(28-4)16(27-3)7-12(15)23(18,26)21(19)25/h5-9,18,24,26H,10H2,1-4H3/t18-,23-/m0/s1. The van der Waals surface area contributed by atoms with Crippen LogP contribution < -0.4 is 23.7 Å². The SMILES string of the molecule is COc1cc2c(cc1OC)[C@@]1(O)C(=O)c3c(O)cc4c(c3O[C@H]1CO2)C=CC(C)(C)O4. The van der Waals surface area contributed by atoms with Crippen LogP contribution in [0, 0.1) is 0 Å². The van der Waals surface area contributed by atoms with Gasteiger partial charge in [-0.15, -0.1) is 0 Å². The molecule has 0 amide bonds. The molecule has 0 fully saturated rings. The van der Waals surface area contributed by atoms with Gasteiger partial charge in [0.2, 0.25) is 5.78 Å². The summed E-state index contributed by atoms with van der Waals surface area (Å²) in [5, 5.41) is 22.3. The fraction of sp³-hybridized carbons (Fsp3) is 0.348. The Labute approximate surface area is 178 Å². The Kier molecular flexibility index (Phi) is 3.98. The number of hydrogen-bond donors (Lipinski definition) is 2. The second kappa shape index (κ2) is 6.31. The highest BCUT2D eigenvalue weighted by Crippen LogP contribution is 2.53. The van der Waals surface area contributed by atoms with Gasteiger partial charge in [0, 0.05) is 17.7 Å². The number of ketones is 1. The number of ether oxygens (including phenoxy) is 5. The topological polar surface area (TPSA) is 104 Å². The number of carbonyl (C=O) groups is 1. The molecule has 0 saturated carbocycles. The predicted molar refractivity (Wildman–Crippen MR) is 110 cm³/mol. The molecule has 5 rings (SSSR count). The highest BCUT2D eigenvalue weighted by atomic mass is 16.6. The van der Waals surface area contributed by atoms with Crippen LogP contribution in [0.4, 0.5) is 0 Å². The van der Waals surface area contributed by atoms with Crippen LogP contribution in [0.2, 0.25) is 0 Å². The molecule has 3 aliphatic rings. The zero-order chi connectivity index (χ0) is 22.1. The first-order chi connectivity index (χ1) is 14.7. The van der Waals surface area contributed by atoms with Gasteiger partial charge >= 0.3 is 0 Å². The van der Waals surface area contributed by atoms with E-state index >= 15 is 0 Å². The number of phenolic OH excluding ortho intramolecular Hbond substituents is 1. The molecule has 2 aromatic carbocycles. The Bertz CT molecular complexity index is 1150. The summed E-state index contributed by atoms with van der Waals surface area (Å²) in [6, 6.07) is 4.42. The van der Waals surface area contributed by atoms with Crippen LogP contribution in [0.1, 0.15) is 35.3 Å². The Morgan fingerprint density at radius 2 is 1.81 bits per heavy atom. The molecule has 31 heavy (non-hydrogen) atoms. The summed E-state index contributed by atoms with van der Waals surface area (Å²) in [4.78, 5) is 13.6. The van der Waals surface area contributed by atoms with Gasteiger partial charge in [-0.25, -0.2) is 0 Å². The molecule has 0 saturated heterocycles. The zero-order valence-electron chi connectivity index (χ0n) is 17.5. The van der Waals surface area contributed by atoms with Crippen LogP contribution in [0.15, 0.2) is 24.3 Å². The average Bonchev–Trinajstić information content (AvgIpc) is 2.73. The Morgan fingerprint density at radius 1 is 1.10 bits per heavy atom. The van der Waals surface area contributed by atoms with Crippen molar-refractivity contribution in [3.63, 3.8) is 0 Å². The van der Waals surface area contributed by atoms with Crippen LogP contribution in [0.3, 0.4) is 0 Å². The molecule has 0 bridgehead atoms. The second-order valence-corrected chi connectivity index (χ2v) is 8.27. The third-order valence-corrected chi connectivity index (χ3v) is 5.87. The van der Waals surface area contributed by atoms with Crippen molar-refractivity contribution in [3.8, 4) is 34.5 Å². The number of carbonyl (C=O) groups excluding carboxylic acids is 1. The number of Topliss-reactive ketones (excluding diaryl/α,β-unsaturated/α-hetero) is 1. The van der Waals surface area contributed by atoms with E-state index in [1.54, 1.807) is 12.1 Å². The monoisotopic (exact) mass is 426 g/mol. The van der Waals surface area contributed by atoms with E-state index < -0.39 is 23.1 Å². The molecular formula is C23H22O8. The van der Waals surface area contributed by atoms with E-state index in [9.17, 15) is 15.0 Å². The average molecular weight is 426 g/mol. The van der Waals surface area contributed by atoms with Gasteiger partial charge in [0.15, 0.2) is 23.2 Å². The van der Waals surface area contributed by atoms with Crippen molar-refractivity contribution in [2.45, 2.75) is 31.2 Å². The van der Waals surface area contributed by atoms with Gasteiger partial charge in [0.1, 0.15) is 40.8 Å². The van der Waals surface area contributed by atoms with Gasteiger partial charge in [0.25, 0.3) is 0 Å². The van der Waals surface area contributed by atoms with Gasteiger partial charge in [-0.3, -0.25) is 4.79 Å². The van der Waals surface area contributed by atoms with Crippen molar-refractivity contribution in [2.24, 2.45) is 0 Å². The van der Waals surface area contributed by atoms with Crippen molar-refractivity contribution in [1.82, 2.24) is 0 Å². The highest BCUT2D eigenvalue weighted by molar-refractivity contribution is 6.10. The van der Waals surface area contributed by atoms with E-state index in [4.69, 9.17) is 23.7 Å². The number of rotatable bonds is 2. The molecule has 0 unspecified atom stereocenters. The molecule has 0 spiro atoms. The van der Waals surface area contributed by atoms with E-state index in [0.29, 0.717) is 22.8 Å². The van der Waals surface area contributed by atoms with Crippen molar-refractivity contribution < 1.29 is 38.7 Å². The first kappa shape index (κ1) is 19.6. The number of fused-ring (bicyclic) bond motifs is 6. The first-order valence-corrected chi connectivity index (χ1v) is 9.81. The molecular weight excluding hydrogens is 404 g/mol. The summed E-state index contributed by atoms with van der Waals surface area (Å²) < 4.78 is 28.4. The maximum absolute atomic E-state index is 13.6. The number of benzene rings is 2. The Morgan fingerprint density at radius 3 is 2.52 bits per heavy atom. The van der Waals surface area contributed by atoms with Crippen LogP contribution in [-0.4, -0.2) is 48.5 Å². The Balaban J connectivity index is 1.70. The molecule has 0 radical (unpaired) electrons. The van der Waals surface area contributed by atoms with Gasteiger partial charge < -0.3 is 33.9 Å². The van der Waals surface area contributed by atoms with E-state index in [-0.39, 0.29) is 35.0 Å². The lowest BCUT2D eigenvalue weighted by atomic mass is 9.76. The minimum Gasteiger partial charge on any atom is -0.507 e. The summed E-state index contributed by atoms with van der Waals surface area (Å²) >= 11 is 0. The molecule has 8 heteroatoms. The summed E-state index contributed by atoms with van der Waals surface area (Å²) in [7, 11) is 2.93. The molecule has 162 valence electrons. The van der Waals surface area contributed by atoms with Crippen molar-refractivity contribution >= 4 is 11.9 Å². The fourth-order valence-electron chi connectivity index (χ4n) is 4.28. The lowest BCUT2D eigenvalue weighted by Crippen LogP contribution is -2.57. The van der Waals surface area contributed by atoms with Crippen molar-refractivity contribution in [3.05, 3.63) is 41.0 Å². The lowest BCUT2D eigenvalue weighted by Gasteiger charge is -2.44. The van der Waals surface area contributed by atoms with Gasteiger partial charge in [-0.1, -0.05) is 0 Å². The molecule has 0 aliphatic carbocycles. The van der Waals surface area contributed by atoms with Gasteiger partial charge in [0.05, 0.1) is 19.8 Å². The number of phenols is 1. The van der Waals surface area contributed by atoms with Crippen LogP contribution in [-0.2, 0) is 5.60 Å². The molecule has 2 atom stereocenters. The largest absolute Gasteiger partial charge is 0.507 e. The zero-order valence-corrected chi connectivity index (χ0v) is 17.5. The summed E-state index contributed by atoms with van der Waals surface area (Å²) in [5.74, 6) is 0.540. The smallest absolute Gasteiger partial charge is 0.210 e. The maximum Gasteiger partial charge on any atom is 0.210 e. The molecule has 0 aromatic heterocycles.